The van der Waals surface area contributed by atoms with Gasteiger partial charge in [0.1, 0.15) is 17.3 Å². The first-order chi connectivity index (χ1) is 11.7. The quantitative estimate of drug-likeness (QED) is 0.651. The zero-order valence-corrected chi connectivity index (χ0v) is 13.9. The Bertz CT molecular complexity index is 829. The summed E-state index contributed by atoms with van der Waals surface area (Å²) in [5, 5.41) is 4.49. The molecular weight excluding hydrogens is 307 g/mol. The first-order valence-electron chi connectivity index (χ1n) is 7.88. The fraction of sp³-hybridized carbons (Fsp3) is 0.263. The van der Waals surface area contributed by atoms with Crippen molar-refractivity contribution in [1.82, 2.24) is 10.3 Å². The summed E-state index contributed by atoms with van der Waals surface area (Å²) in [6, 6.07) is 10.6. The number of aromatic nitrogens is 1. The Labute approximate surface area is 140 Å². The van der Waals surface area contributed by atoms with Gasteiger partial charge in [0, 0.05) is 35.3 Å². The van der Waals surface area contributed by atoms with Crippen molar-refractivity contribution in [3.05, 3.63) is 59.5 Å². The minimum atomic E-state index is -0.222. The maximum absolute atomic E-state index is 13.2. The highest BCUT2D eigenvalue weighted by atomic mass is 19.1. The van der Waals surface area contributed by atoms with Crippen LogP contribution in [0.3, 0.4) is 0 Å². The number of fused-ring (bicyclic) bond motifs is 1. The predicted octanol–water partition coefficient (Wildman–Crippen LogP) is 3.66. The van der Waals surface area contributed by atoms with Crippen LogP contribution in [0.2, 0.25) is 0 Å². The fourth-order valence-corrected chi connectivity index (χ4v) is 2.81. The maximum Gasteiger partial charge on any atom is 0.127 e. The summed E-state index contributed by atoms with van der Waals surface area (Å²) in [5.41, 5.74) is 3.10. The normalized spacial score (nSPS) is 11.0. The van der Waals surface area contributed by atoms with Gasteiger partial charge in [-0.2, -0.15) is 0 Å². The van der Waals surface area contributed by atoms with E-state index < -0.39 is 0 Å². The fourth-order valence-electron chi connectivity index (χ4n) is 2.81. The topological polar surface area (TPSA) is 46.3 Å². The molecule has 0 aliphatic rings. The molecule has 0 bridgehead atoms. The zero-order valence-electron chi connectivity index (χ0n) is 13.9. The summed E-state index contributed by atoms with van der Waals surface area (Å²) in [7, 11) is 3.29. The third-order valence-corrected chi connectivity index (χ3v) is 4.11. The van der Waals surface area contributed by atoms with Crippen LogP contribution < -0.4 is 14.8 Å². The molecule has 1 aromatic heterocycles. The lowest BCUT2D eigenvalue weighted by molar-refractivity contribution is 0.390. The summed E-state index contributed by atoms with van der Waals surface area (Å²) in [6.45, 7) is 1.53. The molecule has 0 aliphatic heterocycles. The Morgan fingerprint density at radius 1 is 1.04 bits per heavy atom. The zero-order chi connectivity index (χ0) is 16.9. The van der Waals surface area contributed by atoms with Crippen molar-refractivity contribution in [3.63, 3.8) is 0 Å². The van der Waals surface area contributed by atoms with Crippen molar-refractivity contribution in [2.24, 2.45) is 0 Å². The van der Waals surface area contributed by atoms with Gasteiger partial charge in [-0.25, -0.2) is 4.39 Å². The molecule has 0 atom stereocenters. The lowest BCUT2D eigenvalue weighted by atomic mass is 10.1. The third-order valence-electron chi connectivity index (χ3n) is 4.11. The van der Waals surface area contributed by atoms with E-state index in [0.717, 1.165) is 40.9 Å². The van der Waals surface area contributed by atoms with Crippen LogP contribution in [-0.4, -0.2) is 25.7 Å². The van der Waals surface area contributed by atoms with Crippen LogP contribution in [-0.2, 0) is 13.0 Å². The molecule has 0 amide bonds. The average Bonchev–Trinajstić information content (AvgIpc) is 3.00. The number of aromatic amines is 1. The van der Waals surface area contributed by atoms with E-state index in [-0.39, 0.29) is 5.82 Å². The van der Waals surface area contributed by atoms with Gasteiger partial charge in [0.15, 0.2) is 0 Å². The Balaban J connectivity index is 1.59. The van der Waals surface area contributed by atoms with E-state index >= 15 is 0 Å². The van der Waals surface area contributed by atoms with E-state index in [1.54, 1.807) is 14.2 Å². The van der Waals surface area contributed by atoms with E-state index in [4.69, 9.17) is 9.47 Å². The molecule has 2 N–H and O–H groups in total. The van der Waals surface area contributed by atoms with E-state index in [1.807, 2.05) is 30.5 Å². The van der Waals surface area contributed by atoms with Gasteiger partial charge >= 0.3 is 0 Å². The Morgan fingerprint density at radius 2 is 1.92 bits per heavy atom. The number of ether oxygens (including phenoxy) is 2. The minimum Gasteiger partial charge on any atom is -0.497 e. The predicted molar refractivity (Wildman–Crippen MR) is 93.2 cm³/mol. The first-order valence-corrected chi connectivity index (χ1v) is 7.88. The van der Waals surface area contributed by atoms with Gasteiger partial charge in [-0.05, 0) is 42.8 Å². The van der Waals surface area contributed by atoms with E-state index in [0.29, 0.717) is 6.54 Å². The van der Waals surface area contributed by atoms with Gasteiger partial charge < -0.3 is 19.8 Å². The first kappa shape index (κ1) is 16.3. The van der Waals surface area contributed by atoms with Crippen LogP contribution in [0.1, 0.15) is 11.1 Å². The molecule has 0 aliphatic carbocycles. The number of benzene rings is 2. The van der Waals surface area contributed by atoms with Gasteiger partial charge in [-0.3, -0.25) is 0 Å². The van der Waals surface area contributed by atoms with Gasteiger partial charge in [-0.1, -0.05) is 6.07 Å². The van der Waals surface area contributed by atoms with Crippen molar-refractivity contribution in [2.75, 3.05) is 20.8 Å². The molecule has 0 saturated carbocycles. The molecule has 1 heterocycles. The second kappa shape index (κ2) is 7.36. The molecule has 5 heteroatoms. The second-order valence-corrected chi connectivity index (χ2v) is 5.61. The van der Waals surface area contributed by atoms with E-state index in [1.165, 1.54) is 17.7 Å². The van der Waals surface area contributed by atoms with Gasteiger partial charge in [0.25, 0.3) is 0 Å². The summed E-state index contributed by atoms with van der Waals surface area (Å²) < 4.78 is 23.8. The van der Waals surface area contributed by atoms with Crippen molar-refractivity contribution in [1.29, 1.82) is 0 Å². The molecule has 3 rings (SSSR count). The van der Waals surface area contributed by atoms with E-state index in [2.05, 4.69) is 10.3 Å². The number of hydrogen-bond acceptors (Lipinski definition) is 3. The summed E-state index contributed by atoms with van der Waals surface area (Å²) in [4.78, 5) is 3.12. The third kappa shape index (κ3) is 3.51. The van der Waals surface area contributed by atoms with E-state index in [9.17, 15) is 4.39 Å². The highest BCUT2D eigenvalue weighted by molar-refractivity contribution is 5.83. The molecule has 2 aromatic carbocycles. The molecule has 0 saturated heterocycles. The SMILES string of the molecule is COc1ccc(CNCCc2c[nH]c3cc(F)ccc23)c(OC)c1. The van der Waals surface area contributed by atoms with Crippen molar-refractivity contribution in [3.8, 4) is 11.5 Å². The summed E-state index contributed by atoms with van der Waals surface area (Å²) in [5.74, 6) is 1.37. The number of rotatable bonds is 7. The van der Waals surface area contributed by atoms with Gasteiger partial charge in [0.05, 0.1) is 14.2 Å². The smallest absolute Gasteiger partial charge is 0.127 e. The molecule has 126 valence electrons. The molecular formula is C19H21FN2O2. The van der Waals surface area contributed by atoms with Crippen molar-refractivity contribution < 1.29 is 13.9 Å². The standard InChI is InChI=1S/C19H21FN2O2/c1-23-16-5-3-14(19(10-16)24-2)11-21-8-7-13-12-22-18-9-15(20)4-6-17(13)18/h3-6,9-10,12,21-22H,7-8,11H2,1-2H3. The second-order valence-electron chi connectivity index (χ2n) is 5.61. The lowest BCUT2D eigenvalue weighted by Gasteiger charge is -2.11. The number of nitrogens with one attached hydrogen (secondary N) is 2. The largest absolute Gasteiger partial charge is 0.497 e. The summed E-state index contributed by atoms with van der Waals surface area (Å²) in [6.07, 6.45) is 2.81. The van der Waals surface area contributed by atoms with Crippen molar-refractivity contribution >= 4 is 10.9 Å². The number of H-pyrrole nitrogens is 1. The van der Waals surface area contributed by atoms with Gasteiger partial charge in [-0.15, -0.1) is 0 Å². The highest BCUT2D eigenvalue weighted by Crippen LogP contribution is 2.24. The monoisotopic (exact) mass is 328 g/mol. The summed E-state index contributed by atoms with van der Waals surface area (Å²) >= 11 is 0. The Kier molecular flexibility index (Phi) is 5.01. The van der Waals surface area contributed by atoms with Gasteiger partial charge in [0.2, 0.25) is 0 Å². The van der Waals surface area contributed by atoms with Crippen molar-refractivity contribution in [2.45, 2.75) is 13.0 Å². The van der Waals surface area contributed by atoms with Crippen LogP contribution in [0.5, 0.6) is 11.5 Å². The number of methoxy groups -OCH3 is 2. The molecule has 0 fully saturated rings. The highest BCUT2D eigenvalue weighted by Gasteiger charge is 2.06. The maximum atomic E-state index is 13.2. The Hall–Kier alpha value is -2.53. The average molecular weight is 328 g/mol. The molecule has 24 heavy (non-hydrogen) atoms. The molecule has 0 unspecified atom stereocenters. The molecule has 0 radical (unpaired) electrons. The van der Waals surface area contributed by atoms with Crippen LogP contribution in [0.4, 0.5) is 4.39 Å². The lowest BCUT2D eigenvalue weighted by Crippen LogP contribution is -2.17. The van der Waals surface area contributed by atoms with Crippen LogP contribution >= 0.6 is 0 Å². The number of hydrogen-bond donors (Lipinski definition) is 2. The Morgan fingerprint density at radius 3 is 2.71 bits per heavy atom. The molecule has 0 spiro atoms. The minimum absolute atomic E-state index is 0.222. The van der Waals surface area contributed by atoms with Crippen LogP contribution in [0, 0.1) is 5.82 Å². The molecule has 3 aromatic rings. The molecule has 4 nitrogen and oxygen atoms in total. The van der Waals surface area contributed by atoms with Crippen LogP contribution in [0.15, 0.2) is 42.6 Å². The number of halogens is 1. The van der Waals surface area contributed by atoms with Crippen LogP contribution in [0.25, 0.3) is 10.9 Å².